The van der Waals surface area contributed by atoms with Crippen molar-refractivity contribution in [2.75, 3.05) is 0 Å². The largest absolute Gasteiger partial charge is 0.305 e. The van der Waals surface area contributed by atoms with E-state index in [1.165, 1.54) is 11.1 Å². The van der Waals surface area contributed by atoms with E-state index in [9.17, 15) is 0 Å². The van der Waals surface area contributed by atoms with Gasteiger partial charge >= 0.3 is 0 Å². The summed E-state index contributed by atoms with van der Waals surface area (Å²) in [7, 11) is 0. The average Bonchev–Trinajstić information content (AvgIpc) is 0.844. The van der Waals surface area contributed by atoms with Gasteiger partial charge in [-0.15, -0.1) is 275 Å². The molecule has 0 aliphatic heterocycles. The molecular weight excluding hydrogens is 2240 g/mol. The molecule has 11 nitrogen and oxygen atoms in total. The van der Waals surface area contributed by atoms with Crippen LogP contribution in [0.2, 0.25) is 0 Å². The fraction of sp³-hybridized carbons (Fsp3) is 0.00909. The predicted octanol–water partition coefficient (Wildman–Crippen LogP) is 25.5. The number of hydrogen-bond donors (Lipinski definition) is 0. The molecule has 0 saturated heterocycles. The molecule has 0 atom stereocenters. The third-order valence-electron chi connectivity index (χ3n) is 17.8. The van der Waals surface area contributed by atoms with E-state index >= 15 is 0 Å². The molecule has 10 aromatic carbocycles. The van der Waals surface area contributed by atoms with Gasteiger partial charge in [0.25, 0.3) is 0 Å². The van der Waals surface area contributed by atoms with E-state index in [1.807, 2.05) is 371 Å². The smallest absolute Gasteiger partial charge is 0.140 e. The Balaban J connectivity index is 0.000000162. The maximum atomic E-state index is 4.49. The van der Waals surface area contributed by atoms with Gasteiger partial charge in [-0.1, -0.05) is 175 Å². The molecule has 0 saturated carbocycles. The first-order valence-corrected chi connectivity index (χ1v) is 39.1. The maximum absolute atomic E-state index is 4.49. The van der Waals surface area contributed by atoms with Crippen LogP contribution in [0.25, 0.3) is 135 Å². The van der Waals surface area contributed by atoms with Gasteiger partial charge in [-0.3, -0.25) is 4.98 Å². The fourth-order valence-electron chi connectivity index (χ4n) is 11.8. The van der Waals surface area contributed by atoms with Crippen molar-refractivity contribution in [1.82, 2.24) is 54.8 Å². The van der Waals surface area contributed by atoms with Gasteiger partial charge in [-0.2, -0.15) is 0 Å². The van der Waals surface area contributed by atoms with Crippen LogP contribution >= 0.6 is 0 Å². The van der Waals surface area contributed by atoms with Crippen molar-refractivity contribution in [1.29, 1.82) is 0 Å². The molecule has 0 amide bonds. The first-order chi connectivity index (χ1) is 60.0. The predicted molar refractivity (Wildman–Crippen MR) is 488 cm³/mol. The Morgan fingerprint density at radius 3 is 0.744 bits per heavy atom. The Labute approximate surface area is 786 Å². The summed E-state index contributed by atoms with van der Waals surface area (Å²) in [5, 5.41) is 0. The number of aromatic nitrogens is 11. The minimum absolute atomic E-state index is 0. The van der Waals surface area contributed by atoms with E-state index in [2.05, 4.69) is 146 Å². The van der Waals surface area contributed by atoms with Gasteiger partial charge in [0.2, 0.25) is 0 Å². The van der Waals surface area contributed by atoms with Gasteiger partial charge in [0, 0.05) is 148 Å². The molecule has 0 aliphatic rings. The normalized spacial score (nSPS) is 9.70. The third kappa shape index (κ3) is 31.0. The van der Waals surface area contributed by atoms with Crippen LogP contribution in [0.3, 0.4) is 0 Å². The van der Waals surface area contributed by atoms with Crippen molar-refractivity contribution < 1.29 is 80.4 Å². The SMILES string of the molecule is Cc1cccc(-c2[c-]cccc2)n1.[Ir].[Ir].[Ir].[Ir].[c-]1ccc(-c2ccccn2)cc1-c1ccccn1.[c-]1ccc(-c2ncccn2)cc1-c1ccccn1.[c-]1ccccc1-c1ccc(-c2ccccc2)cn1.[c-]1ccccc1-c1ccc(-c2ccccc2)cn1.[c-]1ccccc1-c1ccccn1.[c-]1ccccc1-c1ccccn1.[c-]1ccccc1-c1ccccn1. The number of rotatable bonds is 12. The van der Waals surface area contributed by atoms with Crippen LogP contribution in [0, 0.1) is 55.5 Å². The molecule has 15 heteroatoms. The second-order valence-electron chi connectivity index (χ2n) is 26.3. The summed E-state index contributed by atoms with van der Waals surface area (Å²) >= 11 is 0. The second-order valence-corrected chi connectivity index (χ2v) is 26.3. The van der Waals surface area contributed by atoms with Crippen molar-refractivity contribution >= 4 is 0 Å². The Morgan fingerprint density at radius 1 is 0.168 bits per heavy atom. The van der Waals surface area contributed by atoms with Crippen LogP contribution in [-0.4, -0.2) is 54.8 Å². The van der Waals surface area contributed by atoms with Crippen LogP contribution in [0.5, 0.6) is 0 Å². The number of nitrogens with zero attached hydrogens (tertiary/aromatic N) is 11. The summed E-state index contributed by atoms with van der Waals surface area (Å²) in [5.41, 5.74) is 24.5. The van der Waals surface area contributed by atoms with E-state index < -0.39 is 0 Å². The zero-order valence-electron chi connectivity index (χ0n) is 67.6. The van der Waals surface area contributed by atoms with E-state index in [-0.39, 0.29) is 80.4 Å². The number of hydrogen-bond acceptors (Lipinski definition) is 11. The van der Waals surface area contributed by atoms with Gasteiger partial charge in [-0.25, -0.2) is 9.97 Å². The van der Waals surface area contributed by atoms with Crippen LogP contribution in [0.15, 0.2) is 462 Å². The molecule has 10 aromatic heterocycles. The molecule has 0 fully saturated rings. The van der Waals surface area contributed by atoms with E-state index in [0.717, 1.165) is 124 Å². The van der Waals surface area contributed by atoms with Crippen LogP contribution in [0.4, 0.5) is 0 Å². The number of pyridine rings is 9. The molecule has 0 bridgehead atoms. The van der Waals surface area contributed by atoms with Gasteiger partial charge in [0.1, 0.15) is 5.82 Å². The van der Waals surface area contributed by atoms with Crippen molar-refractivity contribution in [2.45, 2.75) is 6.92 Å². The van der Waals surface area contributed by atoms with Crippen molar-refractivity contribution in [3.8, 4) is 135 Å². The topological polar surface area (TPSA) is 142 Å². The first kappa shape index (κ1) is 95.1. The molecule has 125 heavy (non-hydrogen) atoms. The number of benzene rings is 10. The zero-order chi connectivity index (χ0) is 82.6. The summed E-state index contributed by atoms with van der Waals surface area (Å²) < 4.78 is 0. The minimum atomic E-state index is 0. The van der Waals surface area contributed by atoms with Crippen molar-refractivity contribution in [3.63, 3.8) is 0 Å². The molecule has 618 valence electrons. The van der Waals surface area contributed by atoms with Crippen molar-refractivity contribution in [3.05, 3.63) is 517 Å². The molecule has 4 radical (unpaired) electrons. The van der Waals surface area contributed by atoms with Crippen LogP contribution in [-0.2, 0) is 80.4 Å². The van der Waals surface area contributed by atoms with Crippen molar-refractivity contribution in [2.24, 2.45) is 0 Å². The third-order valence-corrected chi connectivity index (χ3v) is 17.8. The molecule has 0 N–H and O–H groups in total. The molecule has 10 heterocycles. The molecule has 20 rings (SSSR count). The summed E-state index contributed by atoms with van der Waals surface area (Å²) in [6.45, 7) is 1.99. The zero-order valence-corrected chi connectivity index (χ0v) is 77.2. The summed E-state index contributed by atoms with van der Waals surface area (Å²) in [5.74, 6) is 0.712. The second kappa shape index (κ2) is 53.9. The summed E-state index contributed by atoms with van der Waals surface area (Å²) in [6.07, 6.45) is 18.0. The number of aryl methyl sites for hydroxylation is 1. The quantitative estimate of drug-likeness (QED) is 0.108. The average molecular weight is 2320 g/mol. The molecule has 20 aromatic rings. The fourth-order valence-corrected chi connectivity index (χ4v) is 11.8. The monoisotopic (exact) mass is 2330 g/mol. The van der Waals surface area contributed by atoms with Gasteiger partial charge in [0.15, 0.2) is 0 Å². The van der Waals surface area contributed by atoms with Crippen LogP contribution in [0.1, 0.15) is 5.69 Å². The Morgan fingerprint density at radius 2 is 0.440 bits per heavy atom. The van der Waals surface area contributed by atoms with Gasteiger partial charge < -0.3 is 39.9 Å². The van der Waals surface area contributed by atoms with E-state index in [0.29, 0.717) is 5.82 Å². The summed E-state index contributed by atoms with van der Waals surface area (Å²) in [6, 6.07) is 156. The maximum Gasteiger partial charge on any atom is 0.140 e. The molecule has 0 spiro atoms. The molecule has 0 unspecified atom stereocenters. The van der Waals surface area contributed by atoms with E-state index in [4.69, 9.17) is 0 Å². The van der Waals surface area contributed by atoms with Gasteiger partial charge in [0.05, 0.1) is 5.69 Å². The Kier molecular flexibility index (Phi) is 41.0. The summed E-state index contributed by atoms with van der Waals surface area (Å²) in [4.78, 5) is 47.5. The minimum Gasteiger partial charge on any atom is -0.305 e. The Hall–Kier alpha value is -13.8. The first-order valence-electron chi connectivity index (χ1n) is 39.1. The van der Waals surface area contributed by atoms with Crippen LogP contribution < -0.4 is 0 Å². The molecular formula is C110H79Ir4N11-8. The standard InChI is InChI=1S/2C17H12N.C16H11N2.C15H10N3.C12H10N.3C11H8N.4Ir/c2*1-3-7-14(8-4-1)16-11-12-17(18-13-16)15-9-5-2-6-10-15;1-3-10-17-15(8-1)13-6-5-7-14(12-13)16-9-2-4-11-18-16;1-2-8-16-14(7-1)12-5-3-6-13(11-12)15-17-9-4-10-18-15;1-10-6-5-9-12(13-10)11-7-3-2-4-8-11;3*1-2-6-10(7-3-1)11-8-4-5-9-12-11;;;;/h2*1-9,11-13H;1-6,8-12H;1-4,6-11H;2-7,9H,1H3;3*1-6,8-9H;;;;/q8*-1;;;;. The van der Waals surface area contributed by atoms with E-state index in [1.54, 1.807) is 55.6 Å². The van der Waals surface area contributed by atoms with Gasteiger partial charge in [-0.05, 0) is 129 Å². The molecule has 0 aliphatic carbocycles. The Bertz CT molecular complexity index is 5490.